The Morgan fingerprint density at radius 1 is 1.00 bits per heavy atom. The summed E-state index contributed by atoms with van der Waals surface area (Å²) in [5.74, 6) is -0.133. The Labute approximate surface area is 200 Å². The Morgan fingerprint density at radius 2 is 1.73 bits per heavy atom. The summed E-state index contributed by atoms with van der Waals surface area (Å²) in [6, 6.07) is 18.6. The van der Waals surface area contributed by atoms with Gasteiger partial charge in [0.15, 0.2) is 5.76 Å². The molecular formula is C26H20Cl2O5. The SMILES string of the molecule is CC(C)OC(=O)c1ccc(COc2c(-c3ccc(Cl)cc3Cl)oc3ccccc3c2=O)cc1. The quantitative estimate of drug-likeness (QED) is 0.279. The number of benzene rings is 3. The van der Waals surface area contributed by atoms with E-state index >= 15 is 0 Å². The Balaban J connectivity index is 1.69. The molecule has 1 aromatic heterocycles. The minimum atomic E-state index is -0.396. The van der Waals surface area contributed by atoms with Crippen molar-refractivity contribution in [2.45, 2.75) is 26.6 Å². The van der Waals surface area contributed by atoms with Gasteiger partial charge in [-0.1, -0.05) is 47.5 Å². The summed E-state index contributed by atoms with van der Waals surface area (Å²) >= 11 is 12.4. The first-order valence-electron chi connectivity index (χ1n) is 10.3. The number of ether oxygens (including phenoxy) is 2. The predicted octanol–water partition coefficient (Wildman–Crippen LogP) is 6.91. The molecule has 0 aliphatic rings. The Kier molecular flexibility index (Phi) is 6.72. The average Bonchev–Trinajstić information content (AvgIpc) is 2.78. The van der Waals surface area contributed by atoms with E-state index < -0.39 is 5.97 Å². The fourth-order valence-electron chi connectivity index (χ4n) is 3.28. The molecule has 33 heavy (non-hydrogen) atoms. The molecule has 168 valence electrons. The van der Waals surface area contributed by atoms with Crippen LogP contribution in [0.5, 0.6) is 5.75 Å². The van der Waals surface area contributed by atoms with Crippen LogP contribution < -0.4 is 10.2 Å². The zero-order valence-corrected chi connectivity index (χ0v) is 19.4. The van der Waals surface area contributed by atoms with Gasteiger partial charge in [0.1, 0.15) is 12.2 Å². The molecule has 0 saturated carbocycles. The number of carbonyl (C=O) groups is 1. The van der Waals surface area contributed by atoms with Gasteiger partial charge in [0, 0.05) is 10.6 Å². The highest BCUT2D eigenvalue weighted by Gasteiger charge is 2.20. The lowest BCUT2D eigenvalue weighted by atomic mass is 10.1. The van der Waals surface area contributed by atoms with Crippen LogP contribution in [0.2, 0.25) is 10.0 Å². The summed E-state index contributed by atoms with van der Waals surface area (Å²) in [4.78, 5) is 25.3. The predicted molar refractivity (Wildman–Crippen MR) is 129 cm³/mol. The van der Waals surface area contributed by atoms with E-state index in [1.165, 1.54) is 0 Å². The number of halogens is 2. The summed E-state index contributed by atoms with van der Waals surface area (Å²) in [5, 5.41) is 1.19. The number of esters is 1. The topological polar surface area (TPSA) is 65.7 Å². The Morgan fingerprint density at radius 3 is 2.42 bits per heavy atom. The lowest BCUT2D eigenvalue weighted by Gasteiger charge is -2.13. The highest BCUT2D eigenvalue weighted by molar-refractivity contribution is 6.36. The molecule has 0 fully saturated rings. The van der Waals surface area contributed by atoms with Gasteiger partial charge >= 0.3 is 5.97 Å². The molecule has 0 amide bonds. The molecule has 0 N–H and O–H groups in total. The van der Waals surface area contributed by atoms with Crippen molar-refractivity contribution in [3.05, 3.63) is 98.1 Å². The van der Waals surface area contributed by atoms with Gasteiger partial charge in [-0.15, -0.1) is 0 Å². The summed E-state index contributed by atoms with van der Waals surface area (Å²) in [6.07, 6.45) is -0.203. The van der Waals surface area contributed by atoms with Gasteiger partial charge in [0.25, 0.3) is 0 Å². The van der Waals surface area contributed by atoms with Gasteiger partial charge in [-0.3, -0.25) is 4.79 Å². The van der Waals surface area contributed by atoms with E-state index in [1.54, 1.807) is 80.6 Å². The highest BCUT2D eigenvalue weighted by Crippen LogP contribution is 2.36. The van der Waals surface area contributed by atoms with Crippen molar-refractivity contribution in [1.29, 1.82) is 0 Å². The largest absolute Gasteiger partial charge is 0.481 e. The second-order valence-corrected chi connectivity index (χ2v) is 8.49. The fourth-order valence-corrected chi connectivity index (χ4v) is 3.78. The highest BCUT2D eigenvalue weighted by atomic mass is 35.5. The molecule has 0 unspecified atom stereocenters. The van der Waals surface area contributed by atoms with Crippen molar-refractivity contribution in [2.75, 3.05) is 0 Å². The van der Waals surface area contributed by atoms with Crippen LogP contribution in [0.25, 0.3) is 22.3 Å². The van der Waals surface area contributed by atoms with Crippen LogP contribution in [-0.2, 0) is 11.3 Å². The average molecular weight is 483 g/mol. The molecule has 0 saturated heterocycles. The second kappa shape index (κ2) is 9.69. The first-order chi connectivity index (χ1) is 15.8. The third kappa shape index (κ3) is 5.05. The summed E-state index contributed by atoms with van der Waals surface area (Å²) in [6.45, 7) is 3.67. The van der Waals surface area contributed by atoms with Crippen LogP contribution >= 0.6 is 23.2 Å². The van der Waals surface area contributed by atoms with Gasteiger partial charge in [-0.05, 0) is 61.9 Å². The minimum Gasteiger partial charge on any atom is -0.481 e. The standard InChI is InChI=1S/C26H20Cl2O5/c1-15(2)32-26(30)17-9-7-16(8-10-17)14-31-25-23(29)20-5-3-4-6-22(20)33-24(25)19-12-11-18(27)13-21(19)28/h3-13,15H,14H2,1-2H3. The van der Waals surface area contributed by atoms with E-state index in [1.807, 2.05) is 0 Å². The number of para-hydroxylation sites is 1. The number of hydrogen-bond acceptors (Lipinski definition) is 5. The lowest BCUT2D eigenvalue weighted by molar-refractivity contribution is 0.0378. The summed E-state index contributed by atoms with van der Waals surface area (Å²) in [5.41, 5.74) is 1.80. The summed E-state index contributed by atoms with van der Waals surface area (Å²) in [7, 11) is 0. The zero-order chi connectivity index (χ0) is 23.5. The molecule has 0 aliphatic heterocycles. The second-order valence-electron chi connectivity index (χ2n) is 7.65. The first kappa shape index (κ1) is 22.9. The van der Waals surface area contributed by atoms with Crippen LogP contribution in [0.3, 0.4) is 0 Å². The molecule has 0 bridgehead atoms. The van der Waals surface area contributed by atoms with Crippen molar-refractivity contribution in [1.82, 2.24) is 0 Å². The normalized spacial score (nSPS) is 11.1. The molecule has 1 heterocycles. The maximum absolute atomic E-state index is 13.3. The molecule has 0 atom stereocenters. The number of carbonyl (C=O) groups excluding carboxylic acids is 1. The zero-order valence-electron chi connectivity index (χ0n) is 17.9. The Hall–Kier alpha value is -3.28. The van der Waals surface area contributed by atoms with Crippen LogP contribution in [0.15, 0.2) is 75.9 Å². The van der Waals surface area contributed by atoms with Crippen LogP contribution in [0.4, 0.5) is 0 Å². The van der Waals surface area contributed by atoms with E-state index in [4.69, 9.17) is 37.1 Å². The van der Waals surface area contributed by atoms with Gasteiger partial charge < -0.3 is 13.9 Å². The lowest BCUT2D eigenvalue weighted by Crippen LogP contribution is -2.12. The molecule has 4 aromatic rings. The molecule has 4 rings (SSSR count). The van der Waals surface area contributed by atoms with E-state index in [9.17, 15) is 9.59 Å². The third-order valence-electron chi connectivity index (χ3n) is 4.85. The molecule has 0 radical (unpaired) electrons. The number of rotatable bonds is 6. The smallest absolute Gasteiger partial charge is 0.338 e. The summed E-state index contributed by atoms with van der Waals surface area (Å²) < 4.78 is 17.2. The molecule has 0 spiro atoms. The number of fused-ring (bicyclic) bond motifs is 1. The Bertz CT molecular complexity index is 1370. The van der Waals surface area contributed by atoms with Crippen LogP contribution in [-0.4, -0.2) is 12.1 Å². The van der Waals surface area contributed by atoms with Crippen molar-refractivity contribution < 1.29 is 18.7 Å². The van der Waals surface area contributed by atoms with Crippen molar-refractivity contribution in [2.24, 2.45) is 0 Å². The van der Waals surface area contributed by atoms with Gasteiger partial charge in [-0.25, -0.2) is 4.79 Å². The monoisotopic (exact) mass is 482 g/mol. The van der Waals surface area contributed by atoms with E-state index in [0.717, 1.165) is 5.56 Å². The van der Waals surface area contributed by atoms with Crippen molar-refractivity contribution in [3.8, 4) is 17.1 Å². The van der Waals surface area contributed by atoms with Gasteiger partial charge in [0.2, 0.25) is 11.2 Å². The molecule has 5 nitrogen and oxygen atoms in total. The van der Waals surface area contributed by atoms with Crippen molar-refractivity contribution >= 4 is 40.1 Å². The van der Waals surface area contributed by atoms with Gasteiger partial charge in [0.05, 0.1) is 22.1 Å². The van der Waals surface area contributed by atoms with Gasteiger partial charge in [-0.2, -0.15) is 0 Å². The maximum Gasteiger partial charge on any atom is 0.338 e. The molecule has 0 aliphatic carbocycles. The molecule has 7 heteroatoms. The first-order valence-corrected chi connectivity index (χ1v) is 11.0. The van der Waals surface area contributed by atoms with Crippen LogP contribution in [0, 0.1) is 0 Å². The van der Waals surface area contributed by atoms with E-state index in [2.05, 4.69) is 0 Å². The minimum absolute atomic E-state index is 0.0428. The van der Waals surface area contributed by atoms with Crippen LogP contribution in [0.1, 0.15) is 29.8 Å². The van der Waals surface area contributed by atoms with E-state index in [0.29, 0.717) is 32.1 Å². The molecule has 3 aromatic carbocycles. The number of hydrogen-bond donors (Lipinski definition) is 0. The third-order valence-corrected chi connectivity index (χ3v) is 5.40. The van der Waals surface area contributed by atoms with E-state index in [-0.39, 0.29) is 29.6 Å². The molecular weight excluding hydrogens is 463 g/mol. The maximum atomic E-state index is 13.3. The fraction of sp³-hybridized carbons (Fsp3) is 0.154. The van der Waals surface area contributed by atoms with Crippen molar-refractivity contribution in [3.63, 3.8) is 0 Å².